The zero-order valence-electron chi connectivity index (χ0n) is 70.6. The predicted octanol–water partition coefficient (Wildman–Crippen LogP) is 27.2. The van der Waals surface area contributed by atoms with Crippen LogP contribution in [0.2, 0.25) is 0 Å². The molecule has 0 fully saturated rings. The van der Waals surface area contributed by atoms with Crippen molar-refractivity contribution in [3.05, 3.63) is 122 Å². The number of phosphoric ester groups is 2. The molecule has 0 spiro atoms. The van der Waals surface area contributed by atoms with Crippen LogP contribution in [-0.2, 0) is 55.8 Å². The predicted molar refractivity (Wildman–Crippen MR) is 463 cm³/mol. The molecule has 0 heterocycles. The van der Waals surface area contributed by atoms with Crippen molar-refractivity contribution in [1.82, 2.24) is 0 Å². The molecule has 0 aliphatic heterocycles. The lowest BCUT2D eigenvalue weighted by Crippen LogP contribution is -2.30. The van der Waals surface area contributed by atoms with E-state index in [1.807, 2.05) is 0 Å². The lowest BCUT2D eigenvalue weighted by molar-refractivity contribution is -0.161. The Kier molecular flexibility index (Phi) is 82.2. The number of hydrogen-bond acceptors (Lipinski definition) is 14. The smallest absolute Gasteiger partial charge is 0.463 e. The van der Waals surface area contributed by atoms with Gasteiger partial charge in [0.15, 0.2) is 6.10 Å². The van der Waals surface area contributed by atoms with E-state index >= 15 is 0 Å². The summed E-state index contributed by atoms with van der Waals surface area (Å²) in [6.45, 7) is 2.63. The molecule has 0 aliphatic rings. The molecule has 0 bridgehead atoms. The van der Waals surface area contributed by atoms with Crippen LogP contribution in [-0.4, -0.2) is 95.9 Å². The van der Waals surface area contributed by atoms with E-state index in [1.165, 1.54) is 205 Å². The SMILES string of the molecule is CCCCC/C=C\C/C=C\C/C=C\C/C=C\CCCCCCCCCCCCCCCCCC(=O)OCC(O)COP(=O)(O)OCC(O)COP(=O)(O)OCC(COC(=O)CCCCCCCCCCCCCCC/C=C\C/C=C\C/C=C\C/C=C\CCCCC)OC(=O)CCCCCCC/C=C\C/C=C\CCCCC. The molecule has 0 aromatic carbocycles. The maximum Gasteiger partial charge on any atom is 0.472 e. The largest absolute Gasteiger partial charge is 0.472 e. The Hall–Kier alpha value is -4.05. The summed E-state index contributed by atoms with van der Waals surface area (Å²) in [6.07, 6.45) is 104. The van der Waals surface area contributed by atoms with Crippen LogP contribution >= 0.6 is 15.6 Å². The highest BCUT2D eigenvalue weighted by Crippen LogP contribution is 2.45. The standard InChI is InChI=1S/C93H164O16P2/c1-4-7-10-13-16-19-22-25-28-30-32-34-36-38-40-42-43-45-47-48-50-52-54-56-59-61-64-67-70-73-76-79-91(96)103-82-88(94)83-105-110(99,100)106-84-89(95)85-107-111(101,102)108-87-90(109-93(98)81-78-75-72-69-66-63-58-27-24-21-18-15-12-9-6-3)86-104-92(97)80-77-74-71-68-65-62-60-57-55-53-51-49-46-44-41-39-37-35-33-31-29-26-23-20-17-14-11-8-5-2/h16-21,25-29,32-35,38-41,58,88-90,94-95H,4-15,22-24,30-31,36-37,42-57,59-87H2,1-3H3,(H,99,100)(H,101,102)/b19-16-,20-17-,21-18-,28-25-,29-26-,34-32-,35-33-,40-38-,41-39-,58-27-. The Morgan fingerprint density at radius 1 is 0.252 bits per heavy atom. The first-order valence-corrected chi connectivity index (χ1v) is 47.8. The number of carbonyl (C=O) groups is 3. The molecule has 0 saturated heterocycles. The van der Waals surface area contributed by atoms with E-state index in [0.717, 1.165) is 128 Å². The highest BCUT2D eigenvalue weighted by molar-refractivity contribution is 7.47. The number of unbranched alkanes of at least 4 members (excludes halogenated alkanes) is 42. The molecule has 0 amide bonds. The number of ether oxygens (including phenoxy) is 3. The average molecular weight is 1600 g/mol. The summed E-state index contributed by atoms with van der Waals surface area (Å²) in [7, 11) is -9.80. The Bertz CT molecular complexity index is 2500. The van der Waals surface area contributed by atoms with Gasteiger partial charge in [-0.15, -0.1) is 0 Å². The fraction of sp³-hybridized carbons (Fsp3) is 0.753. The van der Waals surface area contributed by atoms with Gasteiger partial charge < -0.3 is 34.2 Å². The third kappa shape index (κ3) is 86.6. The van der Waals surface area contributed by atoms with Crippen molar-refractivity contribution < 1.29 is 75.8 Å². The van der Waals surface area contributed by atoms with E-state index in [1.54, 1.807) is 0 Å². The van der Waals surface area contributed by atoms with Crippen molar-refractivity contribution in [1.29, 1.82) is 0 Å². The van der Waals surface area contributed by atoms with Gasteiger partial charge in [0.05, 0.1) is 26.4 Å². The molecular formula is C93H164O16P2. The van der Waals surface area contributed by atoms with E-state index in [2.05, 4.69) is 142 Å². The first-order valence-electron chi connectivity index (χ1n) is 44.8. The van der Waals surface area contributed by atoms with Crippen LogP contribution in [0.25, 0.3) is 0 Å². The molecule has 0 saturated carbocycles. The zero-order valence-corrected chi connectivity index (χ0v) is 72.4. The topological polar surface area (TPSA) is 231 Å². The van der Waals surface area contributed by atoms with Crippen LogP contribution in [0.3, 0.4) is 0 Å². The quantitative estimate of drug-likeness (QED) is 0.0146. The summed E-state index contributed by atoms with van der Waals surface area (Å²) in [5, 5.41) is 20.7. The Labute approximate surface area is 678 Å². The van der Waals surface area contributed by atoms with Crippen molar-refractivity contribution in [2.75, 3.05) is 39.6 Å². The highest BCUT2D eigenvalue weighted by Gasteiger charge is 2.29. The van der Waals surface area contributed by atoms with Gasteiger partial charge in [0.1, 0.15) is 25.4 Å². The minimum Gasteiger partial charge on any atom is -0.463 e. The van der Waals surface area contributed by atoms with Crippen LogP contribution in [0.5, 0.6) is 0 Å². The minimum absolute atomic E-state index is 0.0883. The van der Waals surface area contributed by atoms with E-state index in [4.69, 9.17) is 32.3 Å². The molecule has 4 N–H and O–H groups in total. The van der Waals surface area contributed by atoms with Crippen LogP contribution in [0.4, 0.5) is 0 Å². The molecule has 0 rings (SSSR count). The van der Waals surface area contributed by atoms with Crippen LogP contribution in [0.1, 0.15) is 393 Å². The van der Waals surface area contributed by atoms with Crippen LogP contribution in [0, 0.1) is 0 Å². The molecule has 0 aliphatic carbocycles. The van der Waals surface area contributed by atoms with Gasteiger partial charge in [-0.25, -0.2) is 9.13 Å². The van der Waals surface area contributed by atoms with Gasteiger partial charge in [0, 0.05) is 19.3 Å². The lowest BCUT2D eigenvalue weighted by atomic mass is 10.0. The normalized spacial score (nSPS) is 14.4. The second-order valence-corrected chi connectivity index (χ2v) is 32.9. The highest BCUT2D eigenvalue weighted by atomic mass is 31.2. The summed E-state index contributed by atoms with van der Waals surface area (Å²) in [5.41, 5.74) is 0. The Morgan fingerprint density at radius 2 is 0.450 bits per heavy atom. The zero-order chi connectivity index (χ0) is 80.8. The molecule has 642 valence electrons. The van der Waals surface area contributed by atoms with Gasteiger partial charge in [0.25, 0.3) is 0 Å². The van der Waals surface area contributed by atoms with Gasteiger partial charge in [-0.3, -0.25) is 32.5 Å². The number of hydrogen-bond donors (Lipinski definition) is 4. The average Bonchev–Trinajstić information content (AvgIpc) is 0.908. The molecule has 5 unspecified atom stereocenters. The Morgan fingerprint density at radius 3 is 0.712 bits per heavy atom. The number of allylic oxidation sites excluding steroid dienone is 20. The minimum atomic E-state index is -4.94. The van der Waals surface area contributed by atoms with Crippen LogP contribution in [0.15, 0.2) is 122 Å². The van der Waals surface area contributed by atoms with Crippen molar-refractivity contribution in [3.8, 4) is 0 Å². The number of phosphoric acid groups is 2. The molecule has 0 aromatic rings. The Balaban J connectivity index is 4.48. The fourth-order valence-electron chi connectivity index (χ4n) is 12.3. The van der Waals surface area contributed by atoms with E-state index in [9.17, 15) is 43.5 Å². The van der Waals surface area contributed by atoms with Crippen molar-refractivity contribution >= 4 is 33.6 Å². The maximum atomic E-state index is 13.0. The van der Waals surface area contributed by atoms with Gasteiger partial charge in [-0.05, 0) is 141 Å². The number of aliphatic hydroxyl groups excluding tert-OH is 2. The van der Waals surface area contributed by atoms with Gasteiger partial charge in [-0.1, -0.05) is 354 Å². The molecule has 18 heteroatoms. The molecular weight excluding hydrogens is 1430 g/mol. The van der Waals surface area contributed by atoms with E-state index in [-0.39, 0.29) is 19.3 Å². The van der Waals surface area contributed by atoms with Gasteiger partial charge >= 0.3 is 33.6 Å². The molecule has 16 nitrogen and oxygen atoms in total. The number of aliphatic hydroxyl groups is 2. The summed E-state index contributed by atoms with van der Waals surface area (Å²) in [5.74, 6) is -1.58. The summed E-state index contributed by atoms with van der Waals surface area (Å²) < 4.78 is 61.3. The van der Waals surface area contributed by atoms with Crippen molar-refractivity contribution in [3.63, 3.8) is 0 Å². The summed E-state index contributed by atoms with van der Waals surface area (Å²) in [6, 6.07) is 0. The lowest BCUT2D eigenvalue weighted by Gasteiger charge is -2.21. The number of rotatable bonds is 85. The molecule has 0 radical (unpaired) electrons. The van der Waals surface area contributed by atoms with Gasteiger partial charge in [0.2, 0.25) is 0 Å². The molecule has 0 aromatic heterocycles. The second kappa shape index (κ2) is 85.3. The van der Waals surface area contributed by atoms with E-state index in [0.29, 0.717) is 19.3 Å². The van der Waals surface area contributed by atoms with E-state index < -0.39 is 91.5 Å². The number of esters is 3. The monoisotopic (exact) mass is 1600 g/mol. The third-order valence-corrected chi connectivity index (χ3v) is 21.0. The van der Waals surface area contributed by atoms with Crippen molar-refractivity contribution in [2.45, 2.75) is 411 Å². The molecule has 5 atom stereocenters. The maximum absolute atomic E-state index is 13.0. The van der Waals surface area contributed by atoms with Crippen LogP contribution < -0.4 is 0 Å². The first kappa shape index (κ1) is 107. The first-order chi connectivity index (χ1) is 54.2. The molecule has 111 heavy (non-hydrogen) atoms. The fourth-order valence-corrected chi connectivity index (χ4v) is 13.9. The summed E-state index contributed by atoms with van der Waals surface area (Å²) >= 11 is 0. The van der Waals surface area contributed by atoms with Gasteiger partial charge in [-0.2, -0.15) is 0 Å². The second-order valence-electron chi connectivity index (χ2n) is 30.0. The summed E-state index contributed by atoms with van der Waals surface area (Å²) in [4.78, 5) is 58.8. The third-order valence-electron chi connectivity index (χ3n) is 19.1. The number of carbonyl (C=O) groups excluding carboxylic acids is 3. The van der Waals surface area contributed by atoms with Crippen molar-refractivity contribution in [2.24, 2.45) is 0 Å².